The van der Waals surface area contributed by atoms with Crippen LogP contribution >= 0.6 is 0 Å². The average Bonchev–Trinajstić information content (AvgIpc) is 2.91. The molecule has 222 valence electrons. The first kappa shape index (κ1) is 36.7. The second kappa shape index (κ2) is 35.7. The van der Waals surface area contributed by atoms with E-state index in [1.165, 1.54) is 212 Å². The number of unbranched alkanes of at least 4 members (excludes halogenated alkanes) is 31. The lowest BCUT2D eigenvalue weighted by Crippen LogP contribution is -1.84. The monoisotopic (exact) mass is 519 g/mol. The molecule has 0 atom stereocenters. The molecule has 0 aliphatic rings. The van der Waals surface area contributed by atoms with Crippen LogP contribution in [0, 0.1) is 0 Å². The Morgan fingerprint density at radius 2 is 0.378 bits per heavy atom. The maximum atomic E-state index is 2.46. The quantitative estimate of drug-likeness (QED) is 0.0598. The zero-order valence-electron chi connectivity index (χ0n) is 26.5. The third-order valence-corrected chi connectivity index (χ3v) is 8.37. The van der Waals surface area contributed by atoms with Gasteiger partial charge in [-0.05, 0) is 25.7 Å². The summed E-state index contributed by atoms with van der Waals surface area (Å²) >= 11 is 0. The molecule has 0 aliphatic heterocycles. The summed E-state index contributed by atoms with van der Waals surface area (Å²) in [5, 5.41) is 0. The fourth-order valence-corrected chi connectivity index (χ4v) is 5.68. The molecular formula is C37H74. The van der Waals surface area contributed by atoms with Gasteiger partial charge in [-0.3, -0.25) is 0 Å². The molecule has 0 amide bonds. The summed E-state index contributed by atoms with van der Waals surface area (Å²) in [6.07, 6.45) is 52.9. The maximum Gasteiger partial charge on any atom is -0.0351 e. The van der Waals surface area contributed by atoms with Crippen molar-refractivity contribution in [3.8, 4) is 0 Å². The Bertz CT molecular complexity index is 395. The van der Waals surface area contributed by atoms with E-state index in [1.807, 2.05) is 0 Å². The highest BCUT2D eigenvalue weighted by molar-refractivity contribution is 4.81. The van der Waals surface area contributed by atoms with Gasteiger partial charge in [0.25, 0.3) is 0 Å². The van der Waals surface area contributed by atoms with Gasteiger partial charge in [0.1, 0.15) is 0 Å². The van der Waals surface area contributed by atoms with E-state index in [4.69, 9.17) is 0 Å². The Morgan fingerprint density at radius 1 is 0.216 bits per heavy atom. The van der Waals surface area contributed by atoms with Gasteiger partial charge in [-0.2, -0.15) is 0 Å². The third-order valence-electron chi connectivity index (χ3n) is 8.37. The zero-order chi connectivity index (χ0) is 26.7. The molecule has 0 aromatic heterocycles. The van der Waals surface area contributed by atoms with Gasteiger partial charge in [0, 0.05) is 0 Å². The molecule has 0 saturated heterocycles. The summed E-state index contributed by atoms with van der Waals surface area (Å²) in [4.78, 5) is 0. The lowest BCUT2D eigenvalue weighted by Gasteiger charge is -2.04. The average molecular weight is 519 g/mol. The van der Waals surface area contributed by atoms with Crippen molar-refractivity contribution in [2.45, 2.75) is 226 Å². The summed E-state index contributed by atoms with van der Waals surface area (Å²) in [6.45, 7) is 4.61. The SMILES string of the molecule is CCCCCCCCCCCCCCC=CCCCCCCCCCCCCCCCCCCCCC. The van der Waals surface area contributed by atoms with E-state index >= 15 is 0 Å². The van der Waals surface area contributed by atoms with Crippen molar-refractivity contribution in [1.82, 2.24) is 0 Å². The molecule has 0 aromatic carbocycles. The second-order valence-corrected chi connectivity index (χ2v) is 12.3. The molecular weight excluding hydrogens is 444 g/mol. The highest BCUT2D eigenvalue weighted by Gasteiger charge is 1.96. The van der Waals surface area contributed by atoms with E-state index in [1.54, 1.807) is 0 Å². The van der Waals surface area contributed by atoms with Crippen LogP contribution in [-0.4, -0.2) is 0 Å². The van der Waals surface area contributed by atoms with Crippen LogP contribution < -0.4 is 0 Å². The lowest BCUT2D eigenvalue weighted by molar-refractivity contribution is 0.523. The van der Waals surface area contributed by atoms with Crippen LogP contribution in [0.3, 0.4) is 0 Å². The predicted octanol–water partition coefficient (Wildman–Crippen LogP) is 14.5. The standard InChI is InChI=1S/C37H74/c1-3-5-7-9-11-13-15-17-19-21-23-25-27-29-31-33-35-37-36-34-32-30-28-26-24-22-20-18-16-14-12-10-8-6-4-2/h29,31H,3-28,30,32-37H2,1-2H3. The maximum absolute atomic E-state index is 2.46. The van der Waals surface area contributed by atoms with E-state index in [-0.39, 0.29) is 0 Å². The Morgan fingerprint density at radius 3 is 0.568 bits per heavy atom. The van der Waals surface area contributed by atoms with Gasteiger partial charge in [0.2, 0.25) is 0 Å². The molecule has 0 spiro atoms. The van der Waals surface area contributed by atoms with Gasteiger partial charge < -0.3 is 0 Å². The normalized spacial score (nSPS) is 11.7. The van der Waals surface area contributed by atoms with Gasteiger partial charge in [-0.1, -0.05) is 212 Å². The summed E-state index contributed by atoms with van der Waals surface area (Å²) in [6, 6.07) is 0. The van der Waals surface area contributed by atoms with E-state index < -0.39 is 0 Å². The first-order valence-corrected chi connectivity index (χ1v) is 18.1. The van der Waals surface area contributed by atoms with Crippen LogP contribution in [-0.2, 0) is 0 Å². The van der Waals surface area contributed by atoms with Crippen molar-refractivity contribution in [1.29, 1.82) is 0 Å². The summed E-state index contributed by atoms with van der Waals surface area (Å²) in [5.41, 5.74) is 0. The Labute approximate surface area is 237 Å². The fraction of sp³-hybridized carbons (Fsp3) is 0.946. The van der Waals surface area contributed by atoms with Crippen molar-refractivity contribution in [3.63, 3.8) is 0 Å². The molecule has 0 fully saturated rings. The second-order valence-electron chi connectivity index (χ2n) is 12.3. The molecule has 0 N–H and O–H groups in total. The summed E-state index contributed by atoms with van der Waals surface area (Å²) < 4.78 is 0. The van der Waals surface area contributed by atoms with Crippen molar-refractivity contribution in [2.24, 2.45) is 0 Å². The Hall–Kier alpha value is -0.260. The van der Waals surface area contributed by atoms with Gasteiger partial charge in [-0.15, -0.1) is 0 Å². The molecule has 0 rings (SSSR count). The van der Waals surface area contributed by atoms with Crippen LogP contribution in [0.15, 0.2) is 12.2 Å². The minimum absolute atomic E-state index is 1.32. The number of allylic oxidation sites excluding steroid dienone is 2. The molecule has 0 saturated carbocycles. The molecule has 0 radical (unpaired) electrons. The van der Waals surface area contributed by atoms with E-state index in [9.17, 15) is 0 Å². The third kappa shape index (κ3) is 35.7. The van der Waals surface area contributed by atoms with Crippen molar-refractivity contribution in [3.05, 3.63) is 12.2 Å². The highest BCUT2D eigenvalue weighted by Crippen LogP contribution is 2.15. The Kier molecular flexibility index (Phi) is 35.5. The van der Waals surface area contributed by atoms with Gasteiger partial charge in [0.05, 0.1) is 0 Å². The minimum Gasteiger partial charge on any atom is -0.0885 e. The molecule has 0 heteroatoms. The van der Waals surface area contributed by atoms with Crippen LogP contribution in [0.4, 0.5) is 0 Å². The number of rotatable bonds is 33. The van der Waals surface area contributed by atoms with Crippen LogP contribution in [0.5, 0.6) is 0 Å². The first-order chi connectivity index (χ1) is 18.4. The van der Waals surface area contributed by atoms with E-state index in [0.717, 1.165) is 0 Å². The molecule has 0 unspecified atom stereocenters. The molecule has 0 heterocycles. The molecule has 0 aromatic rings. The topological polar surface area (TPSA) is 0 Å². The smallest absolute Gasteiger partial charge is 0.0351 e. The van der Waals surface area contributed by atoms with Gasteiger partial charge >= 0.3 is 0 Å². The number of hydrogen-bond donors (Lipinski definition) is 0. The van der Waals surface area contributed by atoms with Crippen LogP contribution in [0.1, 0.15) is 226 Å². The van der Waals surface area contributed by atoms with E-state index in [0.29, 0.717) is 0 Å². The van der Waals surface area contributed by atoms with Crippen LogP contribution in [0.25, 0.3) is 0 Å². The molecule has 0 aliphatic carbocycles. The zero-order valence-corrected chi connectivity index (χ0v) is 26.5. The van der Waals surface area contributed by atoms with Gasteiger partial charge in [0.15, 0.2) is 0 Å². The fourth-order valence-electron chi connectivity index (χ4n) is 5.68. The first-order valence-electron chi connectivity index (χ1n) is 18.1. The number of hydrogen-bond acceptors (Lipinski definition) is 0. The molecule has 0 nitrogen and oxygen atoms in total. The largest absolute Gasteiger partial charge is 0.0885 e. The highest BCUT2D eigenvalue weighted by atomic mass is 14.0. The van der Waals surface area contributed by atoms with Gasteiger partial charge in [-0.25, -0.2) is 0 Å². The molecule has 37 heavy (non-hydrogen) atoms. The van der Waals surface area contributed by atoms with Crippen molar-refractivity contribution < 1.29 is 0 Å². The van der Waals surface area contributed by atoms with E-state index in [2.05, 4.69) is 26.0 Å². The van der Waals surface area contributed by atoms with Crippen molar-refractivity contribution in [2.75, 3.05) is 0 Å². The summed E-state index contributed by atoms with van der Waals surface area (Å²) in [5.74, 6) is 0. The predicted molar refractivity (Wildman–Crippen MR) is 173 cm³/mol. The van der Waals surface area contributed by atoms with Crippen molar-refractivity contribution >= 4 is 0 Å². The lowest BCUT2D eigenvalue weighted by atomic mass is 10.0. The van der Waals surface area contributed by atoms with Crippen LogP contribution in [0.2, 0.25) is 0 Å². The Balaban J connectivity index is 3.07. The summed E-state index contributed by atoms with van der Waals surface area (Å²) in [7, 11) is 0. The molecule has 0 bridgehead atoms. The minimum atomic E-state index is 1.32.